The molecule has 0 atom stereocenters. The molecule has 0 unspecified atom stereocenters. The molecule has 0 N–H and O–H groups in total. The molecule has 0 radical (unpaired) electrons. The SMILES string of the molecule is Cc1ccc2nc(-c3ccc4c(c3)CCCC4)c(CCl)n2c1. The highest BCUT2D eigenvalue weighted by atomic mass is 35.5. The fourth-order valence-corrected chi connectivity index (χ4v) is 3.69. The highest BCUT2D eigenvalue weighted by Crippen LogP contribution is 2.30. The van der Waals surface area contributed by atoms with Gasteiger partial charge < -0.3 is 4.40 Å². The Bertz CT molecular complexity index is 848. The number of imidazole rings is 1. The zero-order valence-electron chi connectivity index (χ0n) is 12.8. The van der Waals surface area contributed by atoms with E-state index in [9.17, 15) is 0 Å². The maximum absolute atomic E-state index is 6.24. The van der Waals surface area contributed by atoms with Crippen LogP contribution in [0.25, 0.3) is 16.9 Å². The van der Waals surface area contributed by atoms with Crippen molar-refractivity contribution >= 4 is 17.2 Å². The maximum atomic E-state index is 6.24. The molecule has 0 spiro atoms. The Morgan fingerprint density at radius 1 is 1.09 bits per heavy atom. The number of pyridine rings is 1. The van der Waals surface area contributed by atoms with E-state index < -0.39 is 0 Å². The minimum atomic E-state index is 0.469. The summed E-state index contributed by atoms with van der Waals surface area (Å²) in [7, 11) is 0. The van der Waals surface area contributed by atoms with Gasteiger partial charge in [0.05, 0.1) is 17.3 Å². The third kappa shape index (κ3) is 2.22. The van der Waals surface area contributed by atoms with Crippen molar-refractivity contribution in [1.29, 1.82) is 0 Å². The van der Waals surface area contributed by atoms with Gasteiger partial charge in [0.1, 0.15) is 5.65 Å². The quantitative estimate of drug-likeness (QED) is 0.614. The third-order valence-electron chi connectivity index (χ3n) is 4.61. The Kier molecular flexibility index (Phi) is 3.42. The zero-order chi connectivity index (χ0) is 15.1. The van der Waals surface area contributed by atoms with Crippen molar-refractivity contribution in [2.45, 2.75) is 38.5 Å². The van der Waals surface area contributed by atoms with Crippen molar-refractivity contribution in [2.75, 3.05) is 0 Å². The van der Waals surface area contributed by atoms with Gasteiger partial charge in [-0.1, -0.05) is 18.2 Å². The van der Waals surface area contributed by atoms with E-state index in [2.05, 4.69) is 47.9 Å². The van der Waals surface area contributed by atoms with Crippen LogP contribution in [-0.4, -0.2) is 9.38 Å². The van der Waals surface area contributed by atoms with E-state index in [1.807, 2.05) is 0 Å². The molecule has 0 bridgehead atoms. The van der Waals surface area contributed by atoms with Crippen LogP contribution in [0.2, 0.25) is 0 Å². The average Bonchev–Trinajstić information content (AvgIpc) is 2.92. The number of halogens is 1. The molecule has 1 aliphatic carbocycles. The summed E-state index contributed by atoms with van der Waals surface area (Å²) in [5.41, 5.74) is 8.46. The lowest BCUT2D eigenvalue weighted by Crippen LogP contribution is -2.02. The second kappa shape index (κ2) is 5.44. The van der Waals surface area contributed by atoms with Gasteiger partial charge in [-0.3, -0.25) is 0 Å². The van der Waals surface area contributed by atoms with Crippen LogP contribution in [-0.2, 0) is 18.7 Å². The molecule has 0 aliphatic heterocycles. The minimum Gasteiger partial charge on any atom is -0.302 e. The summed E-state index contributed by atoms with van der Waals surface area (Å²) in [5, 5.41) is 0. The smallest absolute Gasteiger partial charge is 0.137 e. The number of fused-ring (bicyclic) bond motifs is 2. The standard InChI is InChI=1S/C19H19ClN2/c1-13-6-9-18-21-19(17(11-20)22(18)12-13)16-8-7-14-4-2-3-5-15(14)10-16/h6-10,12H,2-5,11H2,1H3. The summed E-state index contributed by atoms with van der Waals surface area (Å²) in [4.78, 5) is 4.82. The summed E-state index contributed by atoms with van der Waals surface area (Å²) in [6, 6.07) is 11.0. The van der Waals surface area contributed by atoms with Gasteiger partial charge in [0.2, 0.25) is 0 Å². The lowest BCUT2D eigenvalue weighted by molar-refractivity contribution is 0.686. The zero-order valence-corrected chi connectivity index (χ0v) is 13.5. The second-order valence-electron chi connectivity index (χ2n) is 6.17. The number of rotatable bonds is 2. The number of hydrogen-bond acceptors (Lipinski definition) is 1. The van der Waals surface area contributed by atoms with Gasteiger partial charge in [-0.2, -0.15) is 0 Å². The van der Waals surface area contributed by atoms with Gasteiger partial charge in [0.25, 0.3) is 0 Å². The van der Waals surface area contributed by atoms with Gasteiger partial charge in [0, 0.05) is 11.8 Å². The lowest BCUT2D eigenvalue weighted by atomic mass is 9.90. The predicted molar refractivity (Wildman–Crippen MR) is 91.6 cm³/mol. The maximum Gasteiger partial charge on any atom is 0.137 e. The Balaban J connectivity index is 1.90. The molecule has 1 aromatic carbocycles. The molecule has 0 saturated carbocycles. The summed E-state index contributed by atoms with van der Waals surface area (Å²) >= 11 is 6.24. The van der Waals surface area contributed by atoms with Crippen LogP contribution in [0.15, 0.2) is 36.5 Å². The van der Waals surface area contributed by atoms with Crippen molar-refractivity contribution in [3.05, 3.63) is 58.9 Å². The lowest BCUT2D eigenvalue weighted by Gasteiger charge is -2.16. The minimum absolute atomic E-state index is 0.469. The number of aromatic nitrogens is 2. The van der Waals surface area contributed by atoms with E-state index in [0.717, 1.165) is 17.0 Å². The number of aryl methyl sites for hydroxylation is 3. The Hall–Kier alpha value is -1.80. The average molecular weight is 311 g/mol. The molecule has 0 saturated heterocycles. The van der Waals surface area contributed by atoms with Gasteiger partial charge >= 0.3 is 0 Å². The highest BCUT2D eigenvalue weighted by molar-refractivity contribution is 6.17. The summed E-state index contributed by atoms with van der Waals surface area (Å²) < 4.78 is 2.12. The van der Waals surface area contributed by atoms with E-state index in [4.69, 9.17) is 16.6 Å². The number of benzene rings is 1. The van der Waals surface area contributed by atoms with E-state index in [-0.39, 0.29) is 0 Å². The molecular formula is C19H19ClN2. The molecule has 0 fully saturated rings. The first-order chi connectivity index (χ1) is 10.8. The molecule has 2 aromatic heterocycles. The van der Waals surface area contributed by atoms with Crippen LogP contribution in [0.4, 0.5) is 0 Å². The van der Waals surface area contributed by atoms with Crippen LogP contribution in [0, 0.1) is 6.92 Å². The molecule has 1 aliphatic rings. The van der Waals surface area contributed by atoms with Gasteiger partial charge in [-0.15, -0.1) is 11.6 Å². The fraction of sp³-hybridized carbons (Fsp3) is 0.316. The Morgan fingerprint density at radius 2 is 1.91 bits per heavy atom. The highest BCUT2D eigenvalue weighted by Gasteiger charge is 2.16. The molecule has 4 rings (SSSR count). The summed E-state index contributed by atoms with van der Waals surface area (Å²) in [6.45, 7) is 2.09. The van der Waals surface area contributed by atoms with Crippen molar-refractivity contribution in [3.8, 4) is 11.3 Å². The normalized spacial score (nSPS) is 14.3. The predicted octanol–water partition coefficient (Wildman–Crippen LogP) is 4.93. The van der Waals surface area contributed by atoms with Gasteiger partial charge in [-0.25, -0.2) is 4.98 Å². The fourth-order valence-electron chi connectivity index (χ4n) is 3.44. The molecule has 2 heterocycles. The number of nitrogens with zero attached hydrogens (tertiary/aromatic N) is 2. The van der Waals surface area contributed by atoms with Crippen molar-refractivity contribution in [1.82, 2.24) is 9.38 Å². The monoisotopic (exact) mass is 310 g/mol. The van der Waals surface area contributed by atoms with Crippen LogP contribution < -0.4 is 0 Å². The van der Waals surface area contributed by atoms with E-state index >= 15 is 0 Å². The Labute approximate surface area is 135 Å². The van der Waals surface area contributed by atoms with E-state index in [1.165, 1.54) is 47.9 Å². The van der Waals surface area contributed by atoms with Crippen molar-refractivity contribution in [2.24, 2.45) is 0 Å². The largest absolute Gasteiger partial charge is 0.302 e. The van der Waals surface area contributed by atoms with Crippen LogP contribution in [0.5, 0.6) is 0 Å². The third-order valence-corrected chi connectivity index (χ3v) is 4.87. The Morgan fingerprint density at radius 3 is 2.73 bits per heavy atom. The van der Waals surface area contributed by atoms with E-state index in [1.54, 1.807) is 0 Å². The second-order valence-corrected chi connectivity index (χ2v) is 6.43. The van der Waals surface area contributed by atoms with Crippen LogP contribution in [0.3, 0.4) is 0 Å². The van der Waals surface area contributed by atoms with Crippen molar-refractivity contribution < 1.29 is 0 Å². The summed E-state index contributed by atoms with van der Waals surface area (Å²) in [5.74, 6) is 0.469. The first-order valence-corrected chi connectivity index (χ1v) is 8.45. The molecular weight excluding hydrogens is 292 g/mol. The molecule has 22 heavy (non-hydrogen) atoms. The number of hydrogen-bond donors (Lipinski definition) is 0. The topological polar surface area (TPSA) is 17.3 Å². The van der Waals surface area contributed by atoms with Crippen LogP contribution in [0.1, 0.15) is 35.2 Å². The van der Waals surface area contributed by atoms with Gasteiger partial charge in [-0.05, 0) is 61.4 Å². The molecule has 0 amide bonds. The number of alkyl halides is 1. The first kappa shape index (κ1) is 13.8. The van der Waals surface area contributed by atoms with Crippen LogP contribution >= 0.6 is 11.6 Å². The first-order valence-electron chi connectivity index (χ1n) is 7.92. The molecule has 3 aromatic rings. The van der Waals surface area contributed by atoms with Gasteiger partial charge in [0.15, 0.2) is 0 Å². The molecule has 2 nitrogen and oxygen atoms in total. The molecule has 112 valence electrons. The van der Waals surface area contributed by atoms with Crippen molar-refractivity contribution in [3.63, 3.8) is 0 Å². The summed E-state index contributed by atoms with van der Waals surface area (Å²) in [6.07, 6.45) is 7.12. The van der Waals surface area contributed by atoms with E-state index in [0.29, 0.717) is 5.88 Å². The molecule has 3 heteroatoms.